The van der Waals surface area contributed by atoms with Crippen LogP contribution in [-0.4, -0.2) is 9.97 Å². The zero-order valence-electron chi connectivity index (χ0n) is 9.94. The van der Waals surface area contributed by atoms with Crippen LogP contribution in [0, 0.1) is 0 Å². The lowest BCUT2D eigenvalue weighted by atomic mass is 9.91. The molecule has 0 N–H and O–H groups in total. The van der Waals surface area contributed by atoms with Gasteiger partial charge in [-0.1, -0.05) is 26.8 Å². The first kappa shape index (κ1) is 10.8. The van der Waals surface area contributed by atoms with Crippen LogP contribution in [0.3, 0.4) is 0 Å². The van der Waals surface area contributed by atoms with Gasteiger partial charge < -0.3 is 0 Å². The number of hydrogen-bond donors (Lipinski definition) is 0. The van der Waals surface area contributed by atoms with Gasteiger partial charge in [0.05, 0.1) is 5.69 Å². The summed E-state index contributed by atoms with van der Waals surface area (Å²) in [5.41, 5.74) is 3.24. The molecule has 2 heterocycles. The third kappa shape index (κ3) is 2.27. The van der Waals surface area contributed by atoms with Crippen molar-refractivity contribution in [3.63, 3.8) is 0 Å². The third-order valence-electron chi connectivity index (χ3n) is 2.49. The maximum absolute atomic E-state index is 4.49. The Hall–Kier alpha value is -1.70. The molecule has 0 spiro atoms. The number of aromatic nitrogens is 2. The second-order valence-corrected chi connectivity index (χ2v) is 4.90. The van der Waals surface area contributed by atoms with Gasteiger partial charge in [-0.2, -0.15) is 0 Å². The molecule has 2 heteroatoms. The highest BCUT2D eigenvalue weighted by Gasteiger charge is 2.14. The number of hydrogen-bond acceptors (Lipinski definition) is 2. The summed E-state index contributed by atoms with van der Waals surface area (Å²) in [7, 11) is 0. The molecule has 82 valence electrons. The Bertz CT molecular complexity index is 452. The summed E-state index contributed by atoms with van der Waals surface area (Å²) >= 11 is 0. The summed E-state index contributed by atoms with van der Waals surface area (Å²) in [5.74, 6) is 0. The van der Waals surface area contributed by atoms with Crippen LogP contribution in [0.1, 0.15) is 26.5 Å². The minimum Gasteiger partial charge on any atom is -0.260 e. The van der Waals surface area contributed by atoms with Crippen LogP contribution in [0.15, 0.2) is 42.7 Å². The monoisotopic (exact) mass is 212 g/mol. The lowest BCUT2D eigenvalue weighted by molar-refractivity contribution is 0.569. The van der Waals surface area contributed by atoms with Crippen molar-refractivity contribution in [2.75, 3.05) is 0 Å². The van der Waals surface area contributed by atoms with Gasteiger partial charge in [-0.25, -0.2) is 0 Å². The van der Waals surface area contributed by atoms with E-state index < -0.39 is 0 Å². The van der Waals surface area contributed by atoms with E-state index in [4.69, 9.17) is 0 Å². The second-order valence-electron chi connectivity index (χ2n) is 4.90. The van der Waals surface area contributed by atoms with E-state index in [9.17, 15) is 0 Å². The van der Waals surface area contributed by atoms with E-state index in [0.717, 1.165) is 17.0 Å². The molecule has 2 aromatic heterocycles. The lowest BCUT2D eigenvalue weighted by Gasteiger charge is -2.17. The van der Waals surface area contributed by atoms with Crippen LogP contribution in [0.5, 0.6) is 0 Å². The fourth-order valence-corrected chi connectivity index (χ4v) is 1.52. The van der Waals surface area contributed by atoms with Crippen molar-refractivity contribution in [1.29, 1.82) is 0 Å². The lowest BCUT2D eigenvalue weighted by Crippen LogP contribution is -2.12. The Labute approximate surface area is 96.4 Å². The van der Waals surface area contributed by atoms with Gasteiger partial charge in [-0.05, 0) is 24.3 Å². The van der Waals surface area contributed by atoms with Crippen molar-refractivity contribution in [2.45, 2.75) is 26.2 Å². The molecule has 0 saturated carbocycles. The molecule has 0 fully saturated rings. The van der Waals surface area contributed by atoms with Crippen LogP contribution >= 0.6 is 0 Å². The number of nitrogens with zero attached hydrogens (tertiary/aromatic N) is 2. The molecular formula is C14H16N2. The molecule has 0 bridgehead atoms. The second kappa shape index (κ2) is 4.05. The van der Waals surface area contributed by atoms with Crippen molar-refractivity contribution in [3.05, 3.63) is 48.4 Å². The van der Waals surface area contributed by atoms with Gasteiger partial charge in [0.1, 0.15) is 0 Å². The zero-order chi connectivity index (χ0) is 11.6. The quantitative estimate of drug-likeness (QED) is 0.723. The van der Waals surface area contributed by atoms with Crippen molar-refractivity contribution < 1.29 is 0 Å². The predicted molar refractivity (Wildman–Crippen MR) is 66.2 cm³/mol. The van der Waals surface area contributed by atoms with Gasteiger partial charge >= 0.3 is 0 Å². The zero-order valence-corrected chi connectivity index (χ0v) is 9.94. The maximum atomic E-state index is 4.49. The molecule has 2 nitrogen and oxygen atoms in total. The number of pyridine rings is 2. The first-order chi connectivity index (χ1) is 7.57. The normalized spacial score (nSPS) is 11.4. The summed E-state index contributed by atoms with van der Waals surface area (Å²) in [6.45, 7) is 6.49. The summed E-state index contributed by atoms with van der Waals surface area (Å²) < 4.78 is 0. The van der Waals surface area contributed by atoms with Crippen molar-refractivity contribution in [3.8, 4) is 11.3 Å². The molecule has 0 amide bonds. The molecule has 0 aliphatic carbocycles. The van der Waals surface area contributed by atoms with E-state index in [1.807, 2.05) is 24.4 Å². The molecule has 0 aliphatic rings. The fourth-order valence-electron chi connectivity index (χ4n) is 1.52. The average molecular weight is 212 g/mol. The third-order valence-corrected chi connectivity index (χ3v) is 2.49. The van der Waals surface area contributed by atoms with E-state index in [0.29, 0.717) is 0 Å². The Morgan fingerprint density at radius 2 is 1.75 bits per heavy atom. The smallest absolute Gasteiger partial charge is 0.0717 e. The summed E-state index contributed by atoms with van der Waals surface area (Å²) in [4.78, 5) is 8.79. The van der Waals surface area contributed by atoms with E-state index in [1.165, 1.54) is 0 Å². The Morgan fingerprint density at radius 1 is 0.938 bits per heavy atom. The molecule has 16 heavy (non-hydrogen) atoms. The van der Waals surface area contributed by atoms with Gasteiger partial charge in [0.25, 0.3) is 0 Å². The minimum atomic E-state index is 0.0998. The molecule has 0 radical (unpaired) electrons. The summed E-state index contributed by atoms with van der Waals surface area (Å²) in [6.07, 6.45) is 3.69. The highest BCUT2D eigenvalue weighted by molar-refractivity contribution is 5.57. The maximum Gasteiger partial charge on any atom is 0.0717 e. The first-order valence-electron chi connectivity index (χ1n) is 5.45. The van der Waals surface area contributed by atoms with Crippen LogP contribution in [-0.2, 0) is 5.41 Å². The number of rotatable bonds is 1. The van der Waals surface area contributed by atoms with Crippen LogP contribution in [0.4, 0.5) is 0 Å². The predicted octanol–water partition coefficient (Wildman–Crippen LogP) is 3.44. The molecule has 0 unspecified atom stereocenters. The standard InChI is InChI=1S/C14H16N2/c1-14(2,3)13-8-7-11(10-16-13)12-6-4-5-9-15-12/h4-10H,1-3H3. The SMILES string of the molecule is CC(C)(C)c1ccc(-c2ccccn2)cn1. The Kier molecular flexibility index (Phi) is 2.73. The van der Waals surface area contributed by atoms with Crippen molar-refractivity contribution in [1.82, 2.24) is 9.97 Å². The van der Waals surface area contributed by atoms with E-state index in [1.54, 1.807) is 6.20 Å². The van der Waals surface area contributed by atoms with Gasteiger partial charge in [0.2, 0.25) is 0 Å². The largest absolute Gasteiger partial charge is 0.260 e. The highest BCUT2D eigenvalue weighted by atomic mass is 14.7. The molecule has 2 aromatic rings. The van der Waals surface area contributed by atoms with E-state index >= 15 is 0 Å². The fraction of sp³-hybridized carbons (Fsp3) is 0.286. The topological polar surface area (TPSA) is 25.8 Å². The first-order valence-corrected chi connectivity index (χ1v) is 5.45. The van der Waals surface area contributed by atoms with Crippen molar-refractivity contribution in [2.24, 2.45) is 0 Å². The average Bonchev–Trinajstić information content (AvgIpc) is 2.29. The van der Waals surface area contributed by atoms with Crippen molar-refractivity contribution >= 4 is 0 Å². The molecule has 2 rings (SSSR count). The van der Waals surface area contributed by atoms with E-state index in [-0.39, 0.29) is 5.41 Å². The molecule has 0 aliphatic heterocycles. The summed E-state index contributed by atoms with van der Waals surface area (Å²) in [6, 6.07) is 10.0. The van der Waals surface area contributed by atoms with Crippen LogP contribution in [0.2, 0.25) is 0 Å². The van der Waals surface area contributed by atoms with E-state index in [2.05, 4.69) is 42.9 Å². The molecule has 0 atom stereocenters. The minimum absolute atomic E-state index is 0.0998. The molecule has 0 saturated heterocycles. The Balaban J connectivity index is 2.34. The van der Waals surface area contributed by atoms with Crippen LogP contribution < -0.4 is 0 Å². The van der Waals surface area contributed by atoms with Gasteiger partial charge in [-0.15, -0.1) is 0 Å². The Morgan fingerprint density at radius 3 is 2.25 bits per heavy atom. The van der Waals surface area contributed by atoms with Gasteiger partial charge in [-0.3, -0.25) is 9.97 Å². The summed E-state index contributed by atoms with van der Waals surface area (Å²) in [5, 5.41) is 0. The van der Waals surface area contributed by atoms with Gasteiger partial charge in [0.15, 0.2) is 0 Å². The van der Waals surface area contributed by atoms with Gasteiger partial charge in [0, 0.05) is 29.1 Å². The molecule has 0 aromatic carbocycles. The highest BCUT2D eigenvalue weighted by Crippen LogP contribution is 2.22. The van der Waals surface area contributed by atoms with Crippen LogP contribution in [0.25, 0.3) is 11.3 Å². The molecular weight excluding hydrogens is 196 g/mol.